The third-order valence-corrected chi connectivity index (χ3v) is 6.45. The molecule has 1 aromatic rings. The van der Waals surface area contributed by atoms with Gasteiger partial charge in [-0.1, -0.05) is 6.42 Å². The molecule has 0 bridgehead atoms. The molecule has 1 amide bonds. The van der Waals surface area contributed by atoms with E-state index >= 15 is 0 Å². The van der Waals surface area contributed by atoms with E-state index in [1.807, 2.05) is 23.9 Å². The first-order chi connectivity index (χ1) is 12.7. The van der Waals surface area contributed by atoms with Crippen LogP contribution in [0.25, 0.3) is 0 Å². The van der Waals surface area contributed by atoms with Gasteiger partial charge in [-0.15, -0.1) is 0 Å². The molecule has 26 heavy (non-hydrogen) atoms. The molecule has 144 valence electrons. The van der Waals surface area contributed by atoms with E-state index in [2.05, 4.69) is 9.80 Å². The van der Waals surface area contributed by atoms with Gasteiger partial charge < -0.3 is 19.3 Å². The first-order valence-corrected chi connectivity index (χ1v) is 10.7. The summed E-state index contributed by atoms with van der Waals surface area (Å²) in [6, 6.07) is 5.72. The van der Waals surface area contributed by atoms with Crippen molar-refractivity contribution in [1.29, 1.82) is 0 Å². The standard InChI is InChI=1S/C20H30N2O3S/c1-24-17-7-8-18(19(13-17)25-2)20(23)22-11-6-12-26-15-16(22)14-21-9-4-3-5-10-21/h7-8,13,16H,3-6,9-12,14-15H2,1-2H3. The Morgan fingerprint density at radius 2 is 1.92 bits per heavy atom. The zero-order chi connectivity index (χ0) is 18.4. The van der Waals surface area contributed by atoms with Crippen molar-refractivity contribution in [3.8, 4) is 11.5 Å². The van der Waals surface area contributed by atoms with Gasteiger partial charge in [0.2, 0.25) is 0 Å². The van der Waals surface area contributed by atoms with Crippen LogP contribution in [0.3, 0.4) is 0 Å². The Morgan fingerprint density at radius 1 is 1.12 bits per heavy atom. The number of likely N-dealkylation sites (tertiary alicyclic amines) is 1. The Balaban J connectivity index is 1.79. The molecule has 0 aromatic heterocycles. The van der Waals surface area contributed by atoms with Crippen molar-refractivity contribution in [1.82, 2.24) is 9.80 Å². The molecule has 0 saturated carbocycles. The van der Waals surface area contributed by atoms with Crippen LogP contribution in [0, 0.1) is 0 Å². The lowest BCUT2D eigenvalue weighted by molar-refractivity contribution is 0.0642. The van der Waals surface area contributed by atoms with E-state index in [1.54, 1.807) is 20.3 Å². The number of hydrogen-bond donors (Lipinski definition) is 0. The molecule has 2 heterocycles. The second-order valence-electron chi connectivity index (χ2n) is 7.01. The smallest absolute Gasteiger partial charge is 0.257 e. The fraction of sp³-hybridized carbons (Fsp3) is 0.650. The van der Waals surface area contributed by atoms with Crippen LogP contribution in [0.1, 0.15) is 36.0 Å². The normalized spacial score (nSPS) is 21.9. The lowest BCUT2D eigenvalue weighted by Gasteiger charge is -2.36. The number of rotatable bonds is 5. The molecular weight excluding hydrogens is 348 g/mol. The molecule has 3 rings (SSSR count). The molecule has 2 saturated heterocycles. The largest absolute Gasteiger partial charge is 0.497 e. The van der Waals surface area contributed by atoms with E-state index in [0.29, 0.717) is 17.1 Å². The lowest BCUT2D eigenvalue weighted by atomic mass is 10.1. The van der Waals surface area contributed by atoms with E-state index in [1.165, 1.54) is 19.3 Å². The minimum absolute atomic E-state index is 0.0778. The van der Waals surface area contributed by atoms with Gasteiger partial charge >= 0.3 is 0 Å². The van der Waals surface area contributed by atoms with Crippen molar-refractivity contribution in [2.45, 2.75) is 31.7 Å². The first-order valence-electron chi connectivity index (χ1n) is 9.56. The highest BCUT2D eigenvalue weighted by Gasteiger charge is 2.30. The van der Waals surface area contributed by atoms with Gasteiger partial charge in [-0.3, -0.25) is 4.79 Å². The van der Waals surface area contributed by atoms with Crippen LogP contribution in [0.5, 0.6) is 11.5 Å². The molecule has 0 spiro atoms. The predicted octanol–water partition coefficient (Wildman–Crippen LogP) is 3.14. The number of carbonyl (C=O) groups is 1. The molecule has 0 radical (unpaired) electrons. The van der Waals surface area contributed by atoms with Crippen molar-refractivity contribution in [3.63, 3.8) is 0 Å². The molecular formula is C20H30N2O3S. The summed E-state index contributed by atoms with van der Waals surface area (Å²) in [5.41, 5.74) is 0.629. The minimum Gasteiger partial charge on any atom is -0.497 e. The summed E-state index contributed by atoms with van der Waals surface area (Å²) in [6.07, 6.45) is 4.94. The molecule has 0 aliphatic carbocycles. The Bertz CT molecular complexity index is 605. The van der Waals surface area contributed by atoms with Crippen LogP contribution >= 0.6 is 11.8 Å². The second kappa shape index (κ2) is 9.51. The fourth-order valence-electron chi connectivity index (χ4n) is 3.82. The maximum Gasteiger partial charge on any atom is 0.257 e. The SMILES string of the molecule is COc1ccc(C(=O)N2CCCSCC2CN2CCCCC2)c(OC)c1. The number of ether oxygens (including phenoxy) is 2. The lowest BCUT2D eigenvalue weighted by Crippen LogP contribution is -2.49. The van der Waals surface area contributed by atoms with Gasteiger partial charge in [-0.2, -0.15) is 11.8 Å². The Morgan fingerprint density at radius 3 is 2.65 bits per heavy atom. The predicted molar refractivity (Wildman–Crippen MR) is 107 cm³/mol. The highest BCUT2D eigenvalue weighted by Crippen LogP contribution is 2.28. The van der Waals surface area contributed by atoms with Gasteiger partial charge in [0.25, 0.3) is 5.91 Å². The number of carbonyl (C=O) groups excluding carboxylic acids is 1. The molecule has 5 nitrogen and oxygen atoms in total. The number of thioether (sulfide) groups is 1. The van der Waals surface area contributed by atoms with Gasteiger partial charge in [-0.05, 0) is 50.2 Å². The van der Waals surface area contributed by atoms with Crippen LogP contribution < -0.4 is 9.47 Å². The van der Waals surface area contributed by atoms with Crippen LogP contribution in [0.2, 0.25) is 0 Å². The molecule has 2 aliphatic heterocycles. The zero-order valence-corrected chi connectivity index (χ0v) is 16.7. The van der Waals surface area contributed by atoms with Crippen LogP contribution in [-0.4, -0.2) is 73.7 Å². The first kappa shape index (κ1) is 19.4. The van der Waals surface area contributed by atoms with Gasteiger partial charge in [0, 0.05) is 24.9 Å². The van der Waals surface area contributed by atoms with E-state index < -0.39 is 0 Å². The quantitative estimate of drug-likeness (QED) is 0.787. The van der Waals surface area contributed by atoms with E-state index in [-0.39, 0.29) is 11.9 Å². The van der Waals surface area contributed by atoms with Crippen LogP contribution in [-0.2, 0) is 0 Å². The summed E-state index contributed by atoms with van der Waals surface area (Å²) in [6.45, 7) is 4.13. The summed E-state index contributed by atoms with van der Waals surface area (Å²) >= 11 is 1.97. The Hall–Kier alpha value is -1.40. The fourth-order valence-corrected chi connectivity index (χ4v) is 4.87. The summed E-state index contributed by atoms with van der Waals surface area (Å²) < 4.78 is 10.7. The number of amides is 1. The van der Waals surface area contributed by atoms with Crippen molar-refractivity contribution in [2.75, 3.05) is 51.9 Å². The number of methoxy groups -OCH3 is 2. The number of hydrogen-bond acceptors (Lipinski definition) is 5. The maximum atomic E-state index is 13.4. The molecule has 1 aromatic carbocycles. The highest BCUT2D eigenvalue weighted by atomic mass is 32.2. The molecule has 0 N–H and O–H groups in total. The van der Waals surface area contributed by atoms with E-state index in [0.717, 1.165) is 44.1 Å². The van der Waals surface area contributed by atoms with E-state index in [9.17, 15) is 4.79 Å². The molecule has 1 atom stereocenters. The second-order valence-corrected chi connectivity index (χ2v) is 8.16. The van der Waals surface area contributed by atoms with Crippen molar-refractivity contribution >= 4 is 17.7 Å². The monoisotopic (exact) mass is 378 g/mol. The summed E-state index contributed by atoms with van der Waals surface area (Å²) in [7, 11) is 3.23. The average Bonchev–Trinajstić information content (AvgIpc) is 2.93. The number of piperidine rings is 1. The third-order valence-electron chi connectivity index (χ3n) is 5.26. The van der Waals surface area contributed by atoms with E-state index in [4.69, 9.17) is 9.47 Å². The Kier molecular flexibility index (Phi) is 7.08. The topological polar surface area (TPSA) is 42.0 Å². The number of nitrogens with zero attached hydrogens (tertiary/aromatic N) is 2. The molecule has 6 heteroatoms. The average molecular weight is 379 g/mol. The van der Waals surface area contributed by atoms with Crippen molar-refractivity contribution < 1.29 is 14.3 Å². The maximum absolute atomic E-state index is 13.4. The molecule has 2 fully saturated rings. The van der Waals surface area contributed by atoms with Gasteiger partial charge in [0.15, 0.2) is 0 Å². The van der Waals surface area contributed by atoms with Crippen LogP contribution in [0.4, 0.5) is 0 Å². The zero-order valence-electron chi connectivity index (χ0n) is 15.9. The summed E-state index contributed by atoms with van der Waals surface area (Å²) in [5, 5.41) is 0. The Labute approximate surface area is 161 Å². The van der Waals surface area contributed by atoms with Crippen LogP contribution in [0.15, 0.2) is 18.2 Å². The third kappa shape index (κ3) is 4.65. The van der Waals surface area contributed by atoms with Gasteiger partial charge in [0.1, 0.15) is 11.5 Å². The minimum atomic E-state index is 0.0778. The molecule has 2 aliphatic rings. The molecule has 1 unspecified atom stereocenters. The summed E-state index contributed by atoms with van der Waals surface area (Å²) in [5.74, 6) is 3.51. The van der Waals surface area contributed by atoms with Crippen molar-refractivity contribution in [2.24, 2.45) is 0 Å². The van der Waals surface area contributed by atoms with Gasteiger partial charge in [0.05, 0.1) is 25.8 Å². The van der Waals surface area contributed by atoms with Crippen molar-refractivity contribution in [3.05, 3.63) is 23.8 Å². The van der Waals surface area contributed by atoms with Gasteiger partial charge in [-0.25, -0.2) is 0 Å². The highest BCUT2D eigenvalue weighted by molar-refractivity contribution is 7.99. The summed E-state index contributed by atoms with van der Waals surface area (Å²) in [4.78, 5) is 18.0. The number of benzene rings is 1.